The van der Waals surface area contributed by atoms with E-state index in [1.165, 1.54) is 18.3 Å². The Morgan fingerprint density at radius 1 is 1.27 bits per heavy atom. The molecule has 1 amide bonds. The maximum atomic E-state index is 12.1. The Morgan fingerprint density at radius 2 is 2.09 bits per heavy atom. The van der Waals surface area contributed by atoms with Crippen molar-refractivity contribution < 1.29 is 13.2 Å². The lowest BCUT2D eigenvalue weighted by Gasteiger charge is -2.06. The van der Waals surface area contributed by atoms with E-state index in [4.69, 9.17) is 11.6 Å². The summed E-state index contributed by atoms with van der Waals surface area (Å²) in [6, 6.07) is 6.32. The average Bonchev–Trinajstić information content (AvgIpc) is 3.29. The van der Waals surface area contributed by atoms with Crippen molar-refractivity contribution in [2.75, 3.05) is 0 Å². The Kier molecular flexibility index (Phi) is 3.84. The highest BCUT2D eigenvalue weighted by atomic mass is 35.5. The molecule has 0 aromatic carbocycles. The Morgan fingerprint density at radius 3 is 2.73 bits per heavy atom. The first-order chi connectivity index (χ1) is 10.5. The van der Waals surface area contributed by atoms with Crippen LogP contribution in [0.25, 0.3) is 0 Å². The van der Waals surface area contributed by atoms with Crippen LogP contribution in [0, 0.1) is 5.92 Å². The molecule has 0 bridgehead atoms. The van der Waals surface area contributed by atoms with E-state index >= 15 is 0 Å². The minimum Gasteiger partial charge on any atom is -0.274 e. The third kappa shape index (κ3) is 3.10. The van der Waals surface area contributed by atoms with Crippen LogP contribution in [0.1, 0.15) is 17.9 Å². The number of halogens is 1. The fourth-order valence-electron chi connectivity index (χ4n) is 2.23. The van der Waals surface area contributed by atoms with Gasteiger partial charge in [0.05, 0.1) is 5.02 Å². The standard InChI is InChI=1S/C14H12ClN3O3S/c15-10-3-4-13(17-8-10)22(20,21)18-14(19)12-6-11(12)9-2-1-5-16-7-9/h1-5,7-8,11-12H,6H2,(H,18,19)/t11-,12-/m0/s1. The Hall–Kier alpha value is -1.99. The predicted octanol–water partition coefficient (Wildman–Crippen LogP) is 1.74. The second-order valence-corrected chi connectivity index (χ2v) is 7.09. The second kappa shape index (κ2) is 5.66. The first-order valence-corrected chi connectivity index (χ1v) is 8.41. The quantitative estimate of drug-likeness (QED) is 0.917. The fraction of sp³-hybridized carbons (Fsp3) is 0.214. The molecule has 0 unspecified atom stereocenters. The summed E-state index contributed by atoms with van der Waals surface area (Å²) < 4.78 is 26.2. The van der Waals surface area contributed by atoms with Gasteiger partial charge < -0.3 is 0 Å². The van der Waals surface area contributed by atoms with Crippen molar-refractivity contribution in [2.24, 2.45) is 5.92 Å². The van der Waals surface area contributed by atoms with Crippen molar-refractivity contribution in [3.05, 3.63) is 53.4 Å². The van der Waals surface area contributed by atoms with Crippen LogP contribution in [0.2, 0.25) is 5.02 Å². The van der Waals surface area contributed by atoms with Crippen LogP contribution >= 0.6 is 11.6 Å². The van der Waals surface area contributed by atoms with Gasteiger partial charge in [0.15, 0.2) is 5.03 Å². The van der Waals surface area contributed by atoms with Crippen molar-refractivity contribution >= 4 is 27.5 Å². The van der Waals surface area contributed by atoms with Gasteiger partial charge in [-0.15, -0.1) is 0 Å². The SMILES string of the molecule is O=C(NS(=O)(=O)c1ccc(Cl)cn1)[C@H]1C[C@H]1c1cccnc1. The van der Waals surface area contributed by atoms with E-state index in [0.717, 1.165) is 5.56 Å². The van der Waals surface area contributed by atoms with Gasteiger partial charge in [-0.3, -0.25) is 9.78 Å². The van der Waals surface area contributed by atoms with Gasteiger partial charge in [0.25, 0.3) is 10.0 Å². The molecule has 1 N–H and O–H groups in total. The largest absolute Gasteiger partial charge is 0.281 e. The van der Waals surface area contributed by atoms with E-state index in [1.54, 1.807) is 18.5 Å². The van der Waals surface area contributed by atoms with Gasteiger partial charge >= 0.3 is 0 Å². The third-order valence-electron chi connectivity index (χ3n) is 3.45. The third-order valence-corrected chi connectivity index (χ3v) is 4.94. The number of rotatable bonds is 4. The van der Waals surface area contributed by atoms with Crippen molar-refractivity contribution in [3.8, 4) is 0 Å². The normalized spacial score (nSPS) is 20.4. The lowest BCUT2D eigenvalue weighted by molar-refractivity contribution is -0.120. The second-order valence-electron chi connectivity index (χ2n) is 5.02. The van der Waals surface area contributed by atoms with Crippen LogP contribution < -0.4 is 4.72 Å². The summed E-state index contributed by atoms with van der Waals surface area (Å²) in [7, 11) is -3.97. The number of nitrogens with zero attached hydrogens (tertiary/aromatic N) is 2. The van der Waals surface area contributed by atoms with Gasteiger partial charge in [-0.25, -0.2) is 9.71 Å². The van der Waals surface area contributed by atoms with Crippen molar-refractivity contribution in [1.29, 1.82) is 0 Å². The molecule has 0 spiro atoms. The molecule has 0 radical (unpaired) electrons. The average molecular weight is 338 g/mol. The molecule has 114 valence electrons. The smallest absolute Gasteiger partial charge is 0.274 e. The molecule has 2 aromatic heterocycles. The maximum absolute atomic E-state index is 12.1. The molecule has 22 heavy (non-hydrogen) atoms. The van der Waals surface area contributed by atoms with Crippen molar-refractivity contribution in [1.82, 2.24) is 14.7 Å². The van der Waals surface area contributed by atoms with E-state index in [0.29, 0.717) is 11.4 Å². The summed E-state index contributed by atoms with van der Waals surface area (Å²) >= 11 is 5.66. The van der Waals surface area contributed by atoms with Crippen LogP contribution in [-0.2, 0) is 14.8 Å². The van der Waals surface area contributed by atoms with Gasteiger partial charge in [-0.05, 0) is 36.1 Å². The number of carbonyl (C=O) groups excluding carboxylic acids is 1. The lowest BCUT2D eigenvalue weighted by atomic mass is 10.1. The van der Waals surface area contributed by atoms with Gasteiger partial charge in [0, 0.05) is 24.5 Å². The van der Waals surface area contributed by atoms with E-state index in [9.17, 15) is 13.2 Å². The number of hydrogen-bond acceptors (Lipinski definition) is 5. The van der Waals surface area contributed by atoms with Gasteiger partial charge in [0.2, 0.25) is 5.91 Å². The Bertz CT molecular complexity index is 794. The van der Waals surface area contributed by atoms with Crippen LogP contribution in [-0.4, -0.2) is 24.3 Å². The molecule has 2 aromatic rings. The van der Waals surface area contributed by atoms with Crippen LogP contribution in [0.3, 0.4) is 0 Å². The molecule has 2 heterocycles. The van der Waals surface area contributed by atoms with E-state index in [2.05, 4.69) is 14.7 Å². The fourth-order valence-corrected chi connectivity index (χ4v) is 3.30. The highest BCUT2D eigenvalue weighted by Gasteiger charge is 2.45. The summed E-state index contributed by atoms with van der Waals surface area (Å²) in [4.78, 5) is 19.8. The molecule has 1 aliphatic carbocycles. The molecule has 2 atom stereocenters. The summed E-state index contributed by atoms with van der Waals surface area (Å²) in [6.45, 7) is 0. The summed E-state index contributed by atoms with van der Waals surface area (Å²) in [5.74, 6) is -0.862. The Balaban J connectivity index is 1.69. The van der Waals surface area contributed by atoms with E-state index in [-0.39, 0.29) is 16.9 Å². The van der Waals surface area contributed by atoms with Crippen molar-refractivity contribution in [2.45, 2.75) is 17.4 Å². The first kappa shape index (κ1) is 14.9. The summed E-state index contributed by atoms with van der Waals surface area (Å²) in [5, 5.41) is 0.0907. The maximum Gasteiger partial charge on any atom is 0.281 e. The molecule has 0 aliphatic heterocycles. The van der Waals surface area contributed by atoms with Crippen LogP contribution in [0.5, 0.6) is 0 Å². The highest BCUT2D eigenvalue weighted by Crippen LogP contribution is 2.47. The van der Waals surface area contributed by atoms with E-state index < -0.39 is 15.9 Å². The summed E-state index contributed by atoms with van der Waals surface area (Å²) in [5.41, 5.74) is 0.935. The van der Waals surface area contributed by atoms with Crippen LogP contribution in [0.15, 0.2) is 47.9 Å². The zero-order chi connectivity index (χ0) is 15.7. The molecule has 6 nitrogen and oxygen atoms in total. The van der Waals surface area contributed by atoms with Crippen LogP contribution in [0.4, 0.5) is 0 Å². The Labute approximate surface area is 132 Å². The van der Waals surface area contributed by atoms with Crippen molar-refractivity contribution in [3.63, 3.8) is 0 Å². The number of pyridine rings is 2. The highest BCUT2D eigenvalue weighted by molar-refractivity contribution is 7.90. The topological polar surface area (TPSA) is 89.0 Å². The first-order valence-electron chi connectivity index (χ1n) is 6.55. The molecule has 8 heteroatoms. The number of carbonyl (C=O) groups is 1. The lowest BCUT2D eigenvalue weighted by Crippen LogP contribution is -2.32. The molecular weight excluding hydrogens is 326 g/mol. The number of aromatic nitrogens is 2. The predicted molar refractivity (Wildman–Crippen MR) is 79.7 cm³/mol. The number of sulfonamides is 1. The molecular formula is C14H12ClN3O3S. The van der Waals surface area contributed by atoms with Gasteiger partial charge in [-0.2, -0.15) is 8.42 Å². The van der Waals surface area contributed by atoms with E-state index in [1.807, 2.05) is 6.07 Å². The minimum atomic E-state index is -3.97. The van der Waals surface area contributed by atoms with Gasteiger partial charge in [0.1, 0.15) is 0 Å². The zero-order valence-corrected chi connectivity index (χ0v) is 12.9. The molecule has 1 fully saturated rings. The van der Waals surface area contributed by atoms with Gasteiger partial charge in [-0.1, -0.05) is 17.7 Å². The molecule has 3 rings (SSSR count). The molecule has 1 saturated carbocycles. The zero-order valence-electron chi connectivity index (χ0n) is 11.3. The number of hydrogen-bond donors (Lipinski definition) is 1. The number of amides is 1. The minimum absolute atomic E-state index is 0.0158. The molecule has 0 saturated heterocycles. The molecule has 1 aliphatic rings. The monoisotopic (exact) mass is 337 g/mol. The number of nitrogens with one attached hydrogen (secondary N) is 1. The summed E-state index contributed by atoms with van der Waals surface area (Å²) in [6.07, 6.45) is 5.17.